The SMILES string of the molecule is Cc1cccc(N2CCN(C=O)C(c3cn4c(n3)CCC(c3ccc(F)c(C)c3)C4)C2)c1. The second-order valence-electron chi connectivity index (χ2n) is 9.12. The van der Waals surface area contributed by atoms with E-state index in [1.807, 2.05) is 24.0 Å². The van der Waals surface area contributed by atoms with Crippen LogP contribution < -0.4 is 4.90 Å². The van der Waals surface area contributed by atoms with E-state index in [2.05, 4.69) is 46.9 Å². The van der Waals surface area contributed by atoms with Gasteiger partial charge in [0.15, 0.2) is 0 Å². The molecule has 2 atom stereocenters. The van der Waals surface area contributed by atoms with Gasteiger partial charge in [0.2, 0.25) is 6.41 Å². The number of hydrogen-bond donors (Lipinski definition) is 0. The summed E-state index contributed by atoms with van der Waals surface area (Å²) in [6.45, 7) is 6.99. The second kappa shape index (κ2) is 8.41. The van der Waals surface area contributed by atoms with Gasteiger partial charge in [-0.3, -0.25) is 4.79 Å². The molecule has 6 heteroatoms. The number of aryl methyl sites for hydroxylation is 3. The summed E-state index contributed by atoms with van der Waals surface area (Å²) >= 11 is 0. The molecule has 2 aliphatic heterocycles. The maximum atomic E-state index is 13.7. The predicted octanol–water partition coefficient (Wildman–Crippen LogP) is 4.39. The molecule has 0 radical (unpaired) electrons. The van der Waals surface area contributed by atoms with Crippen molar-refractivity contribution < 1.29 is 9.18 Å². The summed E-state index contributed by atoms with van der Waals surface area (Å²) in [5.41, 5.74) is 5.26. The van der Waals surface area contributed by atoms with Gasteiger partial charge in [-0.2, -0.15) is 0 Å². The van der Waals surface area contributed by atoms with Gasteiger partial charge in [0, 0.05) is 50.4 Å². The van der Waals surface area contributed by atoms with Gasteiger partial charge in [0.05, 0.1) is 11.7 Å². The Balaban J connectivity index is 1.38. The highest BCUT2D eigenvalue weighted by Gasteiger charge is 2.31. The van der Waals surface area contributed by atoms with Crippen LogP contribution in [-0.2, 0) is 17.8 Å². The number of hydrogen-bond acceptors (Lipinski definition) is 3. The molecule has 0 bridgehead atoms. The van der Waals surface area contributed by atoms with E-state index in [1.165, 1.54) is 16.8 Å². The Morgan fingerprint density at radius 2 is 1.97 bits per heavy atom. The average Bonchev–Trinajstić information content (AvgIpc) is 3.24. The number of benzene rings is 2. The molecular weight excluding hydrogens is 403 g/mol. The van der Waals surface area contributed by atoms with E-state index in [1.54, 1.807) is 6.07 Å². The van der Waals surface area contributed by atoms with Gasteiger partial charge in [0.25, 0.3) is 0 Å². The molecule has 3 aromatic rings. The molecule has 166 valence electrons. The lowest BCUT2D eigenvalue weighted by molar-refractivity contribution is -0.120. The molecule has 5 rings (SSSR count). The predicted molar refractivity (Wildman–Crippen MR) is 123 cm³/mol. The standard InChI is InChI=1S/C26H29FN4O/c1-18-4-3-5-22(12-18)29-10-11-30(17-32)25(16-29)24-15-31-14-21(7-9-26(31)28-24)20-6-8-23(27)19(2)13-20/h3-6,8,12-13,15,17,21,25H,7,9-11,14,16H2,1-2H3. The first-order valence-corrected chi connectivity index (χ1v) is 11.4. The fourth-order valence-corrected chi connectivity index (χ4v) is 5.07. The maximum absolute atomic E-state index is 13.7. The molecule has 0 spiro atoms. The van der Waals surface area contributed by atoms with Gasteiger partial charge in [-0.05, 0) is 55.2 Å². The highest BCUT2D eigenvalue weighted by Crippen LogP contribution is 2.33. The molecular formula is C26H29FN4O. The monoisotopic (exact) mass is 432 g/mol. The molecule has 1 aromatic heterocycles. The summed E-state index contributed by atoms with van der Waals surface area (Å²) in [6.07, 6.45) is 4.97. The summed E-state index contributed by atoms with van der Waals surface area (Å²) < 4.78 is 15.9. The van der Waals surface area contributed by atoms with Crippen molar-refractivity contribution in [3.8, 4) is 0 Å². The number of halogens is 1. The van der Waals surface area contributed by atoms with Crippen LogP contribution in [0.5, 0.6) is 0 Å². The van der Waals surface area contributed by atoms with Crippen LogP contribution in [-0.4, -0.2) is 40.5 Å². The summed E-state index contributed by atoms with van der Waals surface area (Å²) in [7, 11) is 0. The van der Waals surface area contributed by atoms with Gasteiger partial charge in [-0.1, -0.05) is 24.3 Å². The highest BCUT2D eigenvalue weighted by molar-refractivity contribution is 5.53. The molecule has 1 saturated heterocycles. The van der Waals surface area contributed by atoms with E-state index in [9.17, 15) is 9.18 Å². The third-order valence-corrected chi connectivity index (χ3v) is 6.93. The number of aromatic nitrogens is 2. The Morgan fingerprint density at radius 3 is 2.75 bits per heavy atom. The third-order valence-electron chi connectivity index (χ3n) is 6.93. The van der Waals surface area contributed by atoms with Crippen LogP contribution >= 0.6 is 0 Å². The first kappa shape index (κ1) is 20.7. The number of rotatable bonds is 4. The fourth-order valence-electron chi connectivity index (χ4n) is 5.07. The first-order chi connectivity index (χ1) is 15.5. The van der Waals surface area contributed by atoms with Crippen LogP contribution in [0, 0.1) is 19.7 Å². The lowest BCUT2D eigenvalue weighted by Crippen LogP contribution is -2.48. The lowest BCUT2D eigenvalue weighted by Gasteiger charge is -2.40. The molecule has 0 saturated carbocycles. The van der Waals surface area contributed by atoms with Crippen LogP contribution in [0.1, 0.15) is 46.6 Å². The minimum Gasteiger partial charge on any atom is -0.367 e. The van der Waals surface area contributed by atoms with Gasteiger partial charge in [-0.25, -0.2) is 9.37 Å². The maximum Gasteiger partial charge on any atom is 0.210 e. The number of piperazine rings is 1. The van der Waals surface area contributed by atoms with Crippen LogP contribution in [0.15, 0.2) is 48.7 Å². The molecule has 2 aromatic carbocycles. The zero-order valence-electron chi connectivity index (χ0n) is 18.7. The van der Waals surface area contributed by atoms with Crippen molar-refractivity contribution in [2.45, 2.75) is 45.2 Å². The van der Waals surface area contributed by atoms with E-state index in [0.717, 1.165) is 50.4 Å². The molecule has 32 heavy (non-hydrogen) atoms. The largest absolute Gasteiger partial charge is 0.367 e. The van der Waals surface area contributed by atoms with Crippen molar-refractivity contribution in [2.75, 3.05) is 24.5 Å². The number of nitrogens with zero attached hydrogens (tertiary/aromatic N) is 4. The van der Waals surface area contributed by atoms with E-state index in [-0.39, 0.29) is 11.9 Å². The Morgan fingerprint density at radius 1 is 1.09 bits per heavy atom. The van der Waals surface area contributed by atoms with Crippen molar-refractivity contribution in [3.63, 3.8) is 0 Å². The average molecular weight is 433 g/mol. The Hall–Kier alpha value is -3.15. The quantitative estimate of drug-likeness (QED) is 0.574. The van der Waals surface area contributed by atoms with Crippen molar-refractivity contribution in [2.24, 2.45) is 0 Å². The summed E-state index contributed by atoms with van der Waals surface area (Å²) in [4.78, 5) is 21.0. The van der Waals surface area contributed by atoms with Gasteiger partial charge < -0.3 is 14.4 Å². The number of carbonyl (C=O) groups is 1. The van der Waals surface area contributed by atoms with Crippen LogP contribution in [0.25, 0.3) is 0 Å². The Bertz CT molecular complexity index is 1140. The lowest BCUT2D eigenvalue weighted by atomic mass is 9.90. The van der Waals surface area contributed by atoms with Crippen molar-refractivity contribution >= 4 is 12.1 Å². The zero-order chi connectivity index (χ0) is 22.2. The van der Waals surface area contributed by atoms with Crippen molar-refractivity contribution in [1.29, 1.82) is 0 Å². The number of fused-ring (bicyclic) bond motifs is 1. The van der Waals surface area contributed by atoms with E-state index < -0.39 is 0 Å². The molecule has 2 unspecified atom stereocenters. The molecule has 1 amide bonds. The van der Waals surface area contributed by atoms with Gasteiger partial charge in [0.1, 0.15) is 11.6 Å². The molecule has 2 aliphatic rings. The van der Waals surface area contributed by atoms with Crippen LogP contribution in [0.2, 0.25) is 0 Å². The Kier molecular flexibility index (Phi) is 5.45. The first-order valence-electron chi connectivity index (χ1n) is 11.4. The van der Waals surface area contributed by atoms with Crippen molar-refractivity contribution in [3.05, 3.63) is 82.7 Å². The van der Waals surface area contributed by atoms with Gasteiger partial charge in [-0.15, -0.1) is 0 Å². The molecule has 1 fully saturated rings. The summed E-state index contributed by atoms with van der Waals surface area (Å²) in [6, 6.07) is 13.9. The Labute approximate surface area is 188 Å². The normalized spacial score (nSPS) is 20.8. The van der Waals surface area contributed by atoms with E-state index in [0.29, 0.717) is 18.0 Å². The molecule has 0 N–H and O–H groups in total. The third kappa shape index (κ3) is 3.90. The molecule has 3 heterocycles. The summed E-state index contributed by atoms with van der Waals surface area (Å²) in [5, 5.41) is 0. The van der Waals surface area contributed by atoms with Crippen LogP contribution in [0.3, 0.4) is 0 Å². The fraction of sp³-hybridized carbons (Fsp3) is 0.385. The van der Waals surface area contributed by atoms with E-state index >= 15 is 0 Å². The number of anilines is 1. The number of amides is 1. The number of carbonyl (C=O) groups excluding carboxylic acids is 1. The topological polar surface area (TPSA) is 41.4 Å². The second-order valence-corrected chi connectivity index (χ2v) is 9.12. The zero-order valence-corrected chi connectivity index (χ0v) is 18.7. The highest BCUT2D eigenvalue weighted by atomic mass is 19.1. The smallest absolute Gasteiger partial charge is 0.210 e. The van der Waals surface area contributed by atoms with E-state index in [4.69, 9.17) is 4.98 Å². The van der Waals surface area contributed by atoms with Gasteiger partial charge >= 0.3 is 0 Å². The summed E-state index contributed by atoms with van der Waals surface area (Å²) in [5.74, 6) is 1.27. The van der Waals surface area contributed by atoms with Crippen LogP contribution in [0.4, 0.5) is 10.1 Å². The molecule has 0 aliphatic carbocycles. The molecule has 5 nitrogen and oxygen atoms in total. The number of imidazole rings is 1. The minimum atomic E-state index is -0.153. The van der Waals surface area contributed by atoms with Crippen molar-refractivity contribution in [1.82, 2.24) is 14.5 Å². The minimum absolute atomic E-state index is 0.0635.